The number of hydrogen-bond donors (Lipinski definition) is 0. The Morgan fingerprint density at radius 3 is 2.78 bits per heavy atom. The number of urea groups is 1. The summed E-state index contributed by atoms with van der Waals surface area (Å²) in [6.45, 7) is 5.27. The van der Waals surface area contributed by atoms with Crippen LogP contribution >= 0.6 is 0 Å². The van der Waals surface area contributed by atoms with Gasteiger partial charge in [-0.2, -0.15) is 15.2 Å². The molecule has 0 saturated carbocycles. The van der Waals surface area contributed by atoms with Gasteiger partial charge in [0.1, 0.15) is 11.8 Å². The van der Waals surface area contributed by atoms with Crippen molar-refractivity contribution in [1.82, 2.24) is 19.9 Å². The van der Waals surface area contributed by atoms with Crippen LogP contribution in [0.3, 0.4) is 0 Å². The molecule has 2 heterocycles. The van der Waals surface area contributed by atoms with Crippen molar-refractivity contribution in [2.45, 2.75) is 45.3 Å². The van der Waals surface area contributed by atoms with Crippen LogP contribution in [0.5, 0.6) is 5.75 Å². The molecule has 0 bridgehead atoms. The van der Waals surface area contributed by atoms with E-state index in [2.05, 4.69) is 26.1 Å². The molecule has 1 aromatic heterocycles. The normalized spacial score (nSPS) is 18.0. The molecule has 9 heteroatoms. The van der Waals surface area contributed by atoms with Gasteiger partial charge in [0, 0.05) is 35.8 Å². The summed E-state index contributed by atoms with van der Waals surface area (Å²) in [7, 11) is 4.09. The summed E-state index contributed by atoms with van der Waals surface area (Å²) >= 11 is 0. The number of aromatic nitrogens is 2. The van der Waals surface area contributed by atoms with Gasteiger partial charge >= 0.3 is 6.03 Å². The smallest absolute Gasteiger partial charge is 0.343 e. The Kier molecular flexibility index (Phi) is 6.76. The zero-order valence-corrected chi connectivity index (χ0v) is 21.6. The van der Waals surface area contributed by atoms with Crippen molar-refractivity contribution in [2.75, 3.05) is 27.2 Å². The van der Waals surface area contributed by atoms with Gasteiger partial charge in [0.15, 0.2) is 0 Å². The summed E-state index contributed by atoms with van der Waals surface area (Å²) in [5, 5.41) is 13.8. The molecule has 1 saturated heterocycles. The van der Waals surface area contributed by atoms with Crippen molar-refractivity contribution >= 4 is 11.7 Å². The van der Waals surface area contributed by atoms with Gasteiger partial charge in [0.25, 0.3) is 5.89 Å². The largest absolute Gasteiger partial charge is 0.490 e. The van der Waals surface area contributed by atoms with E-state index in [0.717, 1.165) is 41.8 Å². The van der Waals surface area contributed by atoms with Crippen molar-refractivity contribution in [3.05, 3.63) is 53.1 Å². The second kappa shape index (κ2) is 10.1. The molecule has 2 amide bonds. The first-order valence-electron chi connectivity index (χ1n) is 12.5. The Hall–Kier alpha value is -4.03. The molecule has 2 aromatic carbocycles. The predicted octanol–water partition coefficient (Wildman–Crippen LogP) is 4.55. The zero-order chi connectivity index (χ0) is 26.1. The first-order valence-corrected chi connectivity index (χ1v) is 12.5. The SMILES string of the molecule is CC(C)Oc1ccc(-c2nc(-c3cccc4c3CC/C4=N/C(=O)N3CC[C@@H](N(C)C)C3)no2)cc1C#N. The number of ether oxygens (including phenoxy) is 1. The van der Waals surface area contributed by atoms with Crippen molar-refractivity contribution in [2.24, 2.45) is 4.99 Å². The molecule has 37 heavy (non-hydrogen) atoms. The number of likely N-dealkylation sites (tertiary alicyclic amines) is 1. The number of aliphatic imine (C=N–C) groups is 1. The standard InChI is InChI=1S/C28H30N6O3/c1-17(2)36-25-11-8-18(14-19(25)15-29)27-31-26(32-37-27)23-7-5-6-22-21(23)9-10-24(22)30-28(35)34-13-12-20(16-34)33(3)4/h5-8,11,14,17,20H,9-10,12-13,16H2,1-4H3/b30-24-/t20-/m1/s1. The summed E-state index contributed by atoms with van der Waals surface area (Å²) in [5.41, 5.74) is 4.74. The van der Waals surface area contributed by atoms with E-state index < -0.39 is 0 Å². The maximum Gasteiger partial charge on any atom is 0.343 e. The minimum Gasteiger partial charge on any atom is -0.490 e. The second-order valence-electron chi connectivity index (χ2n) is 9.94. The number of carbonyl (C=O) groups excluding carboxylic acids is 1. The highest BCUT2D eigenvalue weighted by molar-refractivity contribution is 6.10. The topological polar surface area (TPSA) is 108 Å². The van der Waals surface area contributed by atoms with Crippen LogP contribution in [0.25, 0.3) is 22.8 Å². The van der Waals surface area contributed by atoms with Gasteiger partial charge in [-0.15, -0.1) is 0 Å². The summed E-state index contributed by atoms with van der Waals surface area (Å²) in [5.74, 6) is 1.31. The first-order chi connectivity index (χ1) is 17.8. The third-order valence-electron chi connectivity index (χ3n) is 6.87. The van der Waals surface area contributed by atoms with Crippen LogP contribution in [-0.4, -0.2) is 71.0 Å². The molecule has 190 valence electrons. The molecular formula is C28H30N6O3. The number of amides is 2. The van der Waals surface area contributed by atoms with Gasteiger partial charge in [-0.1, -0.05) is 23.4 Å². The summed E-state index contributed by atoms with van der Waals surface area (Å²) < 4.78 is 11.3. The predicted molar refractivity (Wildman–Crippen MR) is 140 cm³/mol. The lowest BCUT2D eigenvalue weighted by atomic mass is 10.0. The lowest BCUT2D eigenvalue weighted by molar-refractivity contribution is 0.213. The number of benzene rings is 2. The number of likely N-dealkylation sites (N-methyl/N-ethyl adjacent to an activating group) is 1. The third kappa shape index (κ3) is 4.98. The number of carbonyl (C=O) groups is 1. The van der Waals surface area contributed by atoms with Crippen LogP contribution in [-0.2, 0) is 6.42 Å². The molecule has 9 nitrogen and oxygen atoms in total. The van der Waals surface area contributed by atoms with Gasteiger partial charge < -0.3 is 19.1 Å². The molecule has 5 rings (SSSR count). The highest BCUT2D eigenvalue weighted by Gasteiger charge is 2.29. The van der Waals surface area contributed by atoms with Crippen LogP contribution < -0.4 is 4.74 Å². The van der Waals surface area contributed by atoms with Gasteiger partial charge in [0.2, 0.25) is 5.82 Å². The van der Waals surface area contributed by atoms with E-state index in [0.29, 0.717) is 47.6 Å². The quantitative estimate of drug-likeness (QED) is 0.508. The van der Waals surface area contributed by atoms with Crippen LogP contribution in [0, 0.1) is 11.3 Å². The second-order valence-corrected chi connectivity index (χ2v) is 9.94. The van der Waals surface area contributed by atoms with Gasteiger partial charge in [-0.3, -0.25) is 0 Å². The molecule has 1 atom stereocenters. The van der Waals surface area contributed by atoms with E-state index >= 15 is 0 Å². The van der Waals surface area contributed by atoms with Crippen molar-refractivity contribution in [1.29, 1.82) is 5.26 Å². The Bertz CT molecular complexity index is 1400. The molecule has 0 unspecified atom stereocenters. The summed E-state index contributed by atoms with van der Waals surface area (Å²) in [6.07, 6.45) is 2.37. The fourth-order valence-electron chi connectivity index (χ4n) is 4.91. The van der Waals surface area contributed by atoms with E-state index in [1.54, 1.807) is 18.2 Å². The first kappa shape index (κ1) is 24.7. The molecule has 1 aliphatic carbocycles. The van der Waals surface area contributed by atoms with Crippen molar-refractivity contribution in [3.63, 3.8) is 0 Å². The average Bonchev–Trinajstić information content (AvgIpc) is 3.64. The van der Waals surface area contributed by atoms with E-state index in [4.69, 9.17) is 9.26 Å². The maximum absolute atomic E-state index is 12.9. The maximum atomic E-state index is 12.9. The highest BCUT2D eigenvalue weighted by Crippen LogP contribution is 2.33. The number of rotatable bonds is 5. The third-order valence-corrected chi connectivity index (χ3v) is 6.87. The molecular weight excluding hydrogens is 468 g/mol. The van der Waals surface area contributed by atoms with Crippen molar-refractivity contribution < 1.29 is 14.1 Å². The van der Waals surface area contributed by atoms with Crippen molar-refractivity contribution in [3.8, 4) is 34.7 Å². The van der Waals surface area contributed by atoms with E-state index in [1.807, 2.05) is 51.0 Å². The number of nitrogens with zero attached hydrogens (tertiary/aromatic N) is 6. The Labute approximate surface area is 216 Å². The number of fused-ring (bicyclic) bond motifs is 1. The monoisotopic (exact) mass is 498 g/mol. The Balaban J connectivity index is 1.39. The summed E-state index contributed by atoms with van der Waals surface area (Å²) in [4.78, 5) is 26.0. The molecule has 0 N–H and O–H groups in total. The number of hydrogen-bond acceptors (Lipinski definition) is 7. The summed E-state index contributed by atoms with van der Waals surface area (Å²) in [6, 6.07) is 13.5. The van der Waals surface area contributed by atoms with Crippen LogP contribution in [0.1, 0.15) is 43.4 Å². The number of nitriles is 1. The molecule has 1 aliphatic heterocycles. The highest BCUT2D eigenvalue weighted by atomic mass is 16.5. The Morgan fingerprint density at radius 1 is 1.24 bits per heavy atom. The molecule has 3 aromatic rings. The molecule has 2 aliphatic rings. The lowest BCUT2D eigenvalue weighted by Gasteiger charge is -2.19. The van der Waals surface area contributed by atoms with Gasteiger partial charge in [-0.25, -0.2) is 4.79 Å². The molecule has 0 radical (unpaired) electrons. The van der Waals surface area contributed by atoms with Gasteiger partial charge in [0.05, 0.1) is 17.4 Å². The van der Waals surface area contributed by atoms with E-state index in [-0.39, 0.29) is 12.1 Å². The van der Waals surface area contributed by atoms with E-state index in [9.17, 15) is 10.1 Å². The van der Waals surface area contributed by atoms with E-state index in [1.165, 1.54) is 0 Å². The minimum absolute atomic E-state index is 0.0397. The zero-order valence-electron chi connectivity index (χ0n) is 21.6. The minimum atomic E-state index is -0.169. The molecule has 1 fully saturated rings. The Morgan fingerprint density at radius 2 is 2.05 bits per heavy atom. The average molecular weight is 499 g/mol. The van der Waals surface area contributed by atoms with Crippen LogP contribution in [0.4, 0.5) is 4.79 Å². The fraction of sp³-hybridized carbons (Fsp3) is 0.393. The van der Waals surface area contributed by atoms with Gasteiger partial charge in [-0.05, 0) is 71.0 Å². The van der Waals surface area contributed by atoms with Crippen LogP contribution in [0.2, 0.25) is 0 Å². The van der Waals surface area contributed by atoms with Crippen LogP contribution in [0.15, 0.2) is 45.9 Å². The fourth-order valence-corrected chi connectivity index (χ4v) is 4.91. The lowest BCUT2D eigenvalue weighted by Crippen LogP contribution is -2.33. The molecule has 0 spiro atoms.